The lowest BCUT2D eigenvalue weighted by Crippen LogP contribution is -2.19. The summed E-state index contributed by atoms with van der Waals surface area (Å²) >= 11 is 0. The third-order valence-corrected chi connectivity index (χ3v) is 4.94. The maximum absolute atomic E-state index is 12.0. The summed E-state index contributed by atoms with van der Waals surface area (Å²) in [6.45, 7) is 0. The second kappa shape index (κ2) is 7.04. The monoisotopic (exact) mass is 310 g/mol. The summed E-state index contributed by atoms with van der Waals surface area (Å²) in [4.78, 5) is 11.9. The molecule has 0 heterocycles. The maximum atomic E-state index is 12.0. The Morgan fingerprint density at radius 2 is 1.86 bits per heavy atom. The Morgan fingerprint density at radius 1 is 1.19 bits per heavy atom. The lowest BCUT2D eigenvalue weighted by Gasteiger charge is -2.21. The molecule has 6 heteroatoms. The average Bonchev–Trinajstić information content (AvgIpc) is 2.46. The van der Waals surface area contributed by atoms with E-state index in [0.29, 0.717) is 12.3 Å². The van der Waals surface area contributed by atoms with Crippen molar-refractivity contribution < 1.29 is 13.2 Å². The summed E-state index contributed by atoms with van der Waals surface area (Å²) in [5.41, 5.74) is 0.258. The Balaban J connectivity index is 1.93. The fourth-order valence-corrected chi connectivity index (χ4v) is 3.54. The van der Waals surface area contributed by atoms with Crippen LogP contribution in [0.2, 0.25) is 0 Å². The third kappa shape index (κ3) is 4.82. The maximum Gasteiger partial charge on any atom is 0.240 e. The molecule has 0 radical (unpaired) electrons. The van der Waals surface area contributed by atoms with Crippen molar-refractivity contribution in [1.29, 1.82) is 0 Å². The van der Waals surface area contributed by atoms with E-state index in [-0.39, 0.29) is 16.5 Å². The lowest BCUT2D eigenvalue weighted by atomic mass is 9.86. The topological polar surface area (TPSA) is 89.3 Å². The van der Waals surface area contributed by atoms with Crippen molar-refractivity contribution in [3.8, 4) is 0 Å². The van der Waals surface area contributed by atoms with Crippen molar-refractivity contribution >= 4 is 21.6 Å². The molecule has 2 rings (SSSR count). The molecule has 0 aliphatic heterocycles. The minimum absolute atomic E-state index is 0.0454. The van der Waals surface area contributed by atoms with Gasteiger partial charge in [0.15, 0.2) is 0 Å². The Hall–Kier alpha value is -1.40. The Morgan fingerprint density at radius 3 is 2.52 bits per heavy atom. The van der Waals surface area contributed by atoms with Crippen LogP contribution in [0.1, 0.15) is 44.9 Å². The smallest absolute Gasteiger partial charge is 0.240 e. The Kier molecular flexibility index (Phi) is 5.36. The van der Waals surface area contributed by atoms with Gasteiger partial charge in [-0.2, -0.15) is 0 Å². The normalized spacial score (nSPS) is 16.6. The van der Waals surface area contributed by atoms with E-state index < -0.39 is 10.0 Å². The molecule has 1 amide bonds. The number of nitrogens with two attached hydrogens (primary N) is 1. The predicted molar refractivity (Wildman–Crippen MR) is 82.3 cm³/mol. The molecule has 1 aliphatic rings. The van der Waals surface area contributed by atoms with Crippen LogP contribution < -0.4 is 10.5 Å². The number of carbonyl (C=O) groups excluding carboxylic acids is 1. The summed E-state index contributed by atoms with van der Waals surface area (Å²) in [5.74, 6) is 0.467. The van der Waals surface area contributed by atoms with Crippen LogP contribution in [0.15, 0.2) is 29.2 Å². The van der Waals surface area contributed by atoms with Gasteiger partial charge in [-0.1, -0.05) is 44.2 Å². The summed E-state index contributed by atoms with van der Waals surface area (Å²) < 4.78 is 22.9. The van der Waals surface area contributed by atoms with E-state index in [0.717, 1.165) is 6.42 Å². The number of sulfonamides is 1. The molecular formula is C15H22N2O3S. The van der Waals surface area contributed by atoms with E-state index in [2.05, 4.69) is 5.32 Å². The molecule has 21 heavy (non-hydrogen) atoms. The largest absolute Gasteiger partial charge is 0.325 e. The molecule has 0 spiro atoms. The molecule has 0 saturated heterocycles. The number of para-hydroxylation sites is 1. The van der Waals surface area contributed by atoms with Gasteiger partial charge in [0.2, 0.25) is 15.9 Å². The van der Waals surface area contributed by atoms with Gasteiger partial charge in [0.25, 0.3) is 0 Å². The third-order valence-electron chi connectivity index (χ3n) is 3.97. The van der Waals surface area contributed by atoms with E-state index in [1.54, 1.807) is 18.2 Å². The molecule has 0 bridgehead atoms. The highest BCUT2D eigenvalue weighted by molar-refractivity contribution is 7.89. The van der Waals surface area contributed by atoms with Gasteiger partial charge >= 0.3 is 0 Å². The van der Waals surface area contributed by atoms with Crippen LogP contribution in [0, 0.1) is 5.92 Å². The molecule has 5 nitrogen and oxygen atoms in total. The Labute approximate surface area is 126 Å². The van der Waals surface area contributed by atoms with Gasteiger partial charge in [-0.3, -0.25) is 4.79 Å². The summed E-state index contributed by atoms with van der Waals surface area (Å²) in [5, 5.41) is 7.80. The van der Waals surface area contributed by atoms with E-state index in [9.17, 15) is 13.2 Å². The number of primary sulfonamides is 1. The first kappa shape index (κ1) is 16.0. The zero-order valence-electron chi connectivity index (χ0n) is 12.0. The van der Waals surface area contributed by atoms with E-state index >= 15 is 0 Å². The number of benzene rings is 1. The average molecular weight is 310 g/mol. The second-order valence-electron chi connectivity index (χ2n) is 5.63. The highest BCUT2D eigenvalue weighted by Gasteiger charge is 2.17. The molecule has 3 N–H and O–H groups in total. The van der Waals surface area contributed by atoms with Crippen molar-refractivity contribution in [2.75, 3.05) is 5.32 Å². The highest BCUT2D eigenvalue weighted by atomic mass is 32.2. The number of hydrogen-bond acceptors (Lipinski definition) is 3. The fourth-order valence-electron chi connectivity index (χ4n) is 2.84. The fraction of sp³-hybridized carbons (Fsp3) is 0.533. The lowest BCUT2D eigenvalue weighted by molar-refractivity contribution is -0.116. The SMILES string of the molecule is NS(=O)(=O)c1ccccc1NC(=O)CCC1CCCCC1. The summed E-state index contributed by atoms with van der Waals surface area (Å²) in [6, 6.07) is 6.20. The number of nitrogens with one attached hydrogen (secondary N) is 1. The molecule has 0 unspecified atom stereocenters. The number of rotatable bonds is 5. The van der Waals surface area contributed by atoms with Crippen LogP contribution in [0.25, 0.3) is 0 Å². The quantitative estimate of drug-likeness (QED) is 0.876. The summed E-state index contributed by atoms with van der Waals surface area (Å²) in [7, 11) is -3.83. The van der Waals surface area contributed by atoms with E-state index in [1.165, 1.54) is 38.2 Å². The molecule has 1 fully saturated rings. The molecular weight excluding hydrogens is 288 g/mol. The zero-order valence-corrected chi connectivity index (χ0v) is 12.9. The second-order valence-corrected chi connectivity index (χ2v) is 7.16. The van der Waals surface area contributed by atoms with Gasteiger partial charge in [0.1, 0.15) is 4.90 Å². The first-order valence-corrected chi connectivity index (χ1v) is 8.93. The molecule has 0 aromatic heterocycles. The molecule has 1 aromatic carbocycles. The highest BCUT2D eigenvalue weighted by Crippen LogP contribution is 2.27. The van der Waals surface area contributed by atoms with E-state index in [4.69, 9.17) is 5.14 Å². The number of anilines is 1. The molecule has 0 atom stereocenters. The van der Waals surface area contributed by atoms with Gasteiger partial charge in [0.05, 0.1) is 5.69 Å². The molecule has 1 saturated carbocycles. The number of carbonyl (C=O) groups is 1. The van der Waals surface area contributed by atoms with Gasteiger partial charge in [-0.15, -0.1) is 0 Å². The van der Waals surface area contributed by atoms with Gasteiger partial charge in [-0.25, -0.2) is 13.6 Å². The van der Waals surface area contributed by atoms with Crippen LogP contribution in [0.3, 0.4) is 0 Å². The first-order valence-electron chi connectivity index (χ1n) is 7.38. The van der Waals surface area contributed by atoms with Crippen LogP contribution in [0.5, 0.6) is 0 Å². The molecule has 1 aromatic rings. The number of hydrogen-bond donors (Lipinski definition) is 2. The summed E-state index contributed by atoms with van der Waals surface area (Å²) in [6.07, 6.45) is 7.47. The number of amides is 1. The zero-order chi connectivity index (χ0) is 15.3. The minimum Gasteiger partial charge on any atom is -0.325 e. The van der Waals surface area contributed by atoms with Gasteiger partial charge in [0, 0.05) is 6.42 Å². The van der Waals surface area contributed by atoms with Crippen molar-refractivity contribution in [3.63, 3.8) is 0 Å². The van der Waals surface area contributed by atoms with Crippen molar-refractivity contribution in [1.82, 2.24) is 0 Å². The molecule has 116 valence electrons. The van der Waals surface area contributed by atoms with Gasteiger partial charge in [-0.05, 0) is 24.5 Å². The first-order chi connectivity index (χ1) is 9.97. The standard InChI is InChI=1S/C15H22N2O3S/c16-21(19,20)14-9-5-4-8-13(14)17-15(18)11-10-12-6-2-1-3-7-12/h4-5,8-9,12H,1-3,6-7,10-11H2,(H,17,18)(H2,16,19,20). The van der Waals surface area contributed by atoms with Crippen molar-refractivity contribution in [2.24, 2.45) is 11.1 Å². The minimum atomic E-state index is -3.83. The predicted octanol–water partition coefficient (Wildman–Crippen LogP) is 2.63. The van der Waals surface area contributed by atoms with Crippen molar-refractivity contribution in [2.45, 2.75) is 49.8 Å². The van der Waals surface area contributed by atoms with Gasteiger partial charge < -0.3 is 5.32 Å². The van der Waals surface area contributed by atoms with Crippen LogP contribution in [-0.4, -0.2) is 14.3 Å². The van der Waals surface area contributed by atoms with Crippen LogP contribution in [-0.2, 0) is 14.8 Å². The Bertz CT molecular complexity index is 593. The van der Waals surface area contributed by atoms with Crippen LogP contribution >= 0.6 is 0 Å². The van der Waals surface area contributed by atoms with E-state index in [1.807, 2.05) is 0 Å². The molecule has 1 aliphatic carbocycles. The van der Waals surface area contributed by atoms with Crippen molar-refractivity contribution in [3.05, 3.63) is 24.3 Å². The van der Waals surface area contributed by atoms with Crippen LogP contribution in [0.4, 0.5) is 5.69 Å².